The minimum atomic E-state index is -0.432. The van der Waals surface area contributed by atoms with E-state index >= 15 is 0 Å². The second kappa shape index (κ2) is 4.26. The standard InChI is InChI=1S/C8H10ClNO2/c1-2-12-8(11)7-6(9)4-3-5-10-7/h5H,2-4H2,1H3. The summed E-state index contributed by atoms with van der Waals surface area (Å²) in [6.45, 7) is 2.10. The highest BCUT2D eigenvalue weighted by atomic mass is 35.5. The Hall–Kier alpha value is -0.830. The lowest BCUT2D eigenvalue weighted by Crippen LogP contribution is -2.09. The van der Waals surface area contributed by atoms with E-state index in [4.69, 9.17) is 16.3 Å². The fourth-order valence-corrected chi connectivity index (χ4v) is 1.13. The molecule has 0 aromatic heterocycles. The highest BCUT2D eigenvalue weighted by Gasteiger charge is 2.16. The number of rotatable bonds is 2. The largest absolute Gasteiger partial charge is 0.461 e. The molecule has 0 aromatic carbocycles. The van der Waals surface area contributed by atoms with Crippen LogP contribution >= 0.6 is 11.6 Å². The molecular weight excluding hydrogens is 178 g/mol. The van der Waals surface area contributed by atoms with Crippen LogP contribution in [0.4, 0.5) is 0 Å². The molecular formula is C8H10ClNO2. The molecule has 0 amide bonds. The number of carbonyl (C=O) groups excluding carboxylic acids is 1. The van der Waals surface area contributed by atoms with Crippen LogP contribution in [-0.4, -0.2) is 18.8 Å². The molecule has 0 aromatic rings. The summed E-state index contributed by atoms with van der Waals surface area (Å²) in [6, 6.07) is 0. The van der Waals surface area contributed by atoms with Gasteiger partial charge in [0.25, 0.3) is 0 Å². The molecule has 3 nitrogen and oxygen atoms in total. The fraction of sp³-hybridized carbons (Fsp3) is 0.500. The van der Waals surface area contributed by atoms with Crippen LogP contribution < -0.4 is 0 Å². The van der Waals surface area contributed by atoms with Crippen LogP contribution in [0.5, 0.6) is 0 Å². The molecule has 1 heterocycles. The van der Waals surface area contributed by atoms with Gasteiger partial charge in [0, 0.05) is 6.21 Å². The summed E-state index contributed by atoms with van der Waals surface area (Å²) in [5, 5.41) is 0.496. The lowest BCUT2D eigenvalue weighted by Gasteiger charge is -2.08. The number of hydrogen-bond acceptors (Lipinski definition) is 3. The van der Waals surface area contributed by atoms with Gasteiger partial charge in [-0.1, -0.05) is 11.6 Å². The summed E-state index contributed by atoms with van der Waals surface area (Å²) in [5.41, 5.74) is 0.254. The van der Waals surface area contributed by atoms with Gasteiger partial charge in [-0.25, -0.2) is 4.79 Å². The molecule has 0 unspecified atom stereocenters. The summed E-state index contributed by atoms with van der Waals surface area (Å²) >= 11 is 5.78. The zero-order chi connectivity index (χ0) is 8.97. The molecule has 0 radical (unpaired) electrons. The van der Waals surface area contributed by atoms with Crippen LogP contribution in [0.1, 0.15) is 19.8 Å². The van der Waals surface area contributed by atoms with Crippen molar-refractivity contribution in [3.05, 3.63) is 10.7 Å². The van der Waals surface area contributed by atoms with Gasteiger partial charge in [-0.2, -0.15) is 0 Å². The van der Waals surface area contributed by atoms with Gasteiger partial charge in [0.1, 0.15) is 0 Å². The van der Waals surface area contributed by atoms with E-state index in [0.29, 0.717) is 18.1 Å². The Bertz CT molecular complexity index is 245. The molecule has 0 bridgehead atoms. The highest BCUT2D eigenvalue weighted by Crippen LogP contribution is 2.21. The van der Waals surface area contributed by atoms with Crippen molar-refractivity contribution in [1.82, 2.24) is 0 Å². The van der Waals surface area contributed by atoms with E-state index in [2.05, 4.69) is 4.99 Å². The number of halogens is 1. The summed E-state index contributed by atoms with van der Waals surface area (Å²) in [7, 11) is 0. The molecule has 1 rings (SSSR count). The molecule has 0 spiro atoms. The molecule has 0 saturated carbocycles. The van der Waals surface area contributed by atoms with E-state index in [1.165, 1.54) is 0 Å². The summed E-state index contributed by atoms with van der Waals surface area (Å²) in [6.07, 6.45) is 3.15. The maximum absolute atomic E-state index is 11.1. The predicted molar refractivity (Wildman–Crippen MR) is 47.2 cm³/mol. The summed E-state index contributed by atoms with van der Waals surface area (Å²) in [5.74, 6) is -0.432. The molecule has 0 atom stereocenters. The smallest absolute Gasteiger partial charge is 0.358 e. The number of nitrogens with zero attached hydrogens (tertiary/aromatic N) is 1. The molecule has 12 heavy (non-hydrogen) atoms. The number of hydrogen-bond donors (Lipinski definition) is 0. The van der Waals surface area contributed by atoms with Gasteiger partial charge in [0.15, 0.2) is 5.70 Å². The Morgan fingerprint density at radius 3 is 3.17 bits per heavy atom. The van der Waals surface area contributed by atoms with Crippen molar-refractivity contribution in [3.8, 4) is 0 Å². The Labute approximate surface area is 76.1 Å². The topological polar surface area (TPSA) is 38.7 Å². The SMILES string of the molecule is CCOC(=O)C1=C(Cl)CCC=N1. The normalized spacial score (nSPS) is 16.5. The van der Waals surface area contributed by atoms with Gasteiger partial charge < -0.3 is 4.74 Å². The molecule has 1 aliphatic heterocycles. The minimum absolute atomic E-state index is 0.254. The molecule has 0 N–H and O–H groups in total. The second-order valence-corrected chi connectivity index (χ2v) is 2.78. The van der Waals surface area contributed by atoms with Crippen LogP contribution in [0.3, 0.4) is 0 Å². The van der Waals surface area contributed by atoms with Gasteiger partial charge in [-0.05, 0) is 19.8 Å². The van der Waals surface area contributed by atoms with Crippen LogP contribution in [0.25, 0.3) is 0 Å². The zero-order valence-electron chi connectivity index (χ0n) is 6.84. The van der Waals surface area contributed by atoms with Crippen LogP contribution in [0.2, 0.25) is 0 Å². The zero-order valence-corrected chi connectivity index (χ0v) is 7.60. The van der Waals surface area contributed by atoms with Crippen molar-refractivity contribution in [2.24, 2.45) is 4.99 Å². The lowest BCUT2D eigenvalue weighted by atomic mass is 10.2. The van der Waals surface area contributed by atoms with Crippen molar-refractivity contribution in [3.63, 3.8) is 0 Å². The Kier molecular flexibility index (Phi) is 3.29. The predicted octanol–water partition coefficient (Wildman–Crippen LogP) is 1.86. The third kappa shape index (κ3) is 2.08. The minimum Gasteiger partial charge on any atom is -0.461 e. The molecule has 4 heteroatoms. The van der Waals surface area contributed by atoms with Gasteiger partial charge in [0.05, 0.1) is 11.6 Å². The third-order valence-corrected chi connectivity index (χ3v) is 1.81. The number of esters is 1. The van der Waals surface area contributed by atoms with E-state index in [0.717, 1.165) is 6.42 Å². The molecule has 0 fully saturated rings. The summed E-state index contributed by atoms with van der Waals surface area (Å²) < 4.78 is 4.76. The van der Waals surface area contributed by atoms with E-state index in [1.807, 2.05) is 0 Å². The van der Waals surface area contributed by atoms with Gasteiger partial charge in [-0.3, -0.25) is 4.99 Å². The number of allylic oxidation sites excluding steroid dienone is 1. The van der Waals surface area contributed by atoms with Crippen molar-refractivity contribution >= 4 is 23.8 Å². The first kappa shape index (κ1) is 9.26. The first-order chi connectivity index (χ1) is 5.75. The van der Waals surface area contributed by atoms with Gasteiger partial charge in [0.2, 0.25) is 0 Å². The van der Waals surface area contributed by atoms with Crippen molar-refractivity contribution < 1.29 is 9.53 Å². The Morgan fingerprint density at radius 2 is 2.58 bits per heavy atom. The average Bonchev–Trinajstić information content (AvgIpc) is 2.05. The first-order valence-electron chi connectivity index (χ1n) is 3.84. The molecule has 1 aliphatic rings. The van der Waals surface area contributed by atoms with Crippen molar-refractivity contribution in [2.75, 3.05) is 6.61 Å². The molecule has 0 aliphatic carbocycles. The van der Waals surface area contributed by atoms with E-state index in [-0.39, 0.29) is 5.70 Å². The number of carbonyl (C=O) groups is 1. The van der Waals surface area contributed by atoms with Gasteiger partial charge >= 0.3 is 5.97 Å². The quantitative estimate of drug-likeness (QED) is 0.619. The monoisotopic (exact) mass is 187 g/mol. The Balaban J connectivity index is 2.72. The number of aliphatic imine (C=N–C) groups is 1. The molecule has 66 valence electrons. The average molecular weight is 188 g/mol. The fourth-order valence-electron chi connectivity index (χ4n) is 0.898. The maximum atomic E-state index is 11.1. The van der Waals surface area contributed by atoms with Crippen LogP contribution in [0.15, 0.2) is 15.7 Å². The lowest BCUT2D eigenvalue weighted by molar-refractivity contribution is -0.138. The van der Waals surface area contributed by atoms with E-state index in [1.54, 1.807) is 13.1 Å². The Morgan fingerprint density at radius 1 is 1.83 bits per heavy atom. The second-order valence-electron chi connectivity index (χ2n) is 2.32. The van der Waals surface area contributed by atoms with Crippen LogP contribution in [0, 0.1) is 0 Å². The molecule has 0 saturated heterocycles. The van der Waals surface area contributed by atoms with Gasteiger partial charge in [-0.15, -0.1) is 0 Å². The highest BCUT2D eigenvalue weighted by molar-refractivity contribution is 6.32. The van der Waals surface area contributed by atoms with E-state index in [9.17, 15) is 4.79 Å². The van der Waals surface area contributed by atoms with Crippen molar-refractivity contribution in [1.29, 1.82) is 0 Å². The van der Waals surface area contributed by atoms with Crippen molar-refractivity contribution in [2.45, 2.75) is 19.8 Å². The number of ether oxygens (including phenoxy) is 1. The summed E-state index contributed by atoms with van der Waals surface area (Å²) in [4.78, 5) is 15.0. The van der Waals surface area contributed by atoms with Crippen LogP contribution in [-0.2, 0) is 9.53 Å². The first-order valence-corrected chi connectivity index (χ1v) is 4.21. The third-order valence-electron chi connectivity index (χ3n) is 1.44. The maximum Gasteiger partial charge on any atom is 0.358 e. The van der Waals surface area contributed by atoms with E-state index < -0.39 is 5.97 Å².